The SMILES string of the molecule is O=C1OCC[C@@H]1Sc1nnc(-c2ccccc2Br)o1. The van der Waals surface area contributed by atoms with Crippen molar-refractivity contribution in [3.8, 4) is 11.5 Å². The fraction of sp³-hybridized carbons (Fsp3) is 0.250. The molecule has 0 amide bonds. The summed E-state index contributed by atoms with van der Waals surface area (Å²) in [7, 11) is 0. The van der Waals surface area contributed by atoms with Gasteiger partial charge in [0, 0.05) is 10.9 Å². The van der Waals surface area contributed by atoms with Gasteiger partial charge in [-0.1, -0.05) is 12.1 Å². The fourth-order valence-corrected chi connectivity index (χ4v) is 3.00. The maximum absolute atomic E-state index is 11.4. The number of ether oxygens (including phenoxy) is 1. The molecule has 0 radical (unpaired) electrons. The number of esters is 1. The van der Waals surface area contributed by atoms with E-state index in [0.29, 0.717) is 24.1 Å². The molecule has 98 valence electrons. The maximum atomic E-state index is 11.4. The molecule has 0 aliphatic carbocycles. The number of aromatic nitrogens is 2. The van der Waals surface area contributed by atoms with E-state index in [-0.39, 0.29) is 11.2 Å². The Morgan fingerprint density at radius 1 is 1.32 bits per heavy atom. The van der Waals surface area contributed by atoms with Crippen LogP contribution in [0, 0.1) is 0 Å². The highest BCUT2D eigenvalue weighted by Crippen LogP contribution is 2.32. The number of benzene rings is 1. The summed E-state index contributed by atoms with van der Waals surface area (Å²) in [4.78, 5) is 11.4. The van der Waals surface area contributed by atoms with Crippen LogP contribution in [0.25, 0.3) is 11.5 Å². The summed E-state index contributed by atoms with van der Waals surface area (Å²) in [5.74, 6) is 0.215. The quantitative estimate of drug-likeness (QED) is 0.800. The minimum Gasteiger partial charge on any atom is -0.465 e. The number of halogens is 1. The summed E-state index contributed by atoms with van der Waals surface area (Å²) in [5.41, 5.74) is 0.829. The van der Waals surface area contributed by atoms with Gasteiger partial charge in [-0.25, -0.2) is 0 Å². The highest BCUT2D eigenvalue weighted by Gasteiger charge is 2.29. The minimum atomic E-state index is -0.243. The summed E-state index contributed by atoms with van der Waals surface area (Å²) in [6.45, 7) is 0.460. The molecule has 1 aliphatic heterocycles. The van der Waals surface area contributed by atoms with Crippen molar-refractivity contribution in [1.82, 2.24) is 10.2 Å². The van der Waals surface area contributed by atoms with Crippen molar-refractivity contribution in [1.29, 1.82) is 0 Å². The van der Waals surface area contributed by atoms with Crippen molar-refractivity contribution >= 4 is 33.7 Å². The molecular formula is C12H9BrN2O3S. The van der Waals surface area contributed by atoms with Crippen LogP contribution in [0.1, 0.15) is 6.42 Å². The number of nitrogens with zero attached hydrogens (tertiary/aromatic N) is 2. The van der Waals surface area contributed by atoms with E-state index >= 15 is 0 Å². The summed E-state index contributed by atoms with van der Waals surface area (Å²) in [6, 6.07) is 7.59. The van der Waals surface area contributed by atoms with Gasteiger partial charge >= 0.3 is 5.97 Å². The standard InChI is InChI=1S/C12H9BrN2O3S/c13-8-4-2-1-3-7(8)10-14-15-12(18-10)19-9-5-6-17-11(9)16/h1-4,9H,5-6H2/t9-/m0/s1. The third kappa shape index (κ3) is 2.66. The predicted molar refractivity (Wildman–Crippen MR) is 72.7 cm³/mol. The summed E-state index contributed by atoms with van der Waals surface area (Å²) in [5, 5.41) is 8.08. The Balaban J connectivity index is 1.80. The molecule has 5 nitrogen and oxygen atoms in total. The van der Waals surface area contributed by atoms with E-state index in [1.807, 2.05) is 24.3 Å². The van der Waals surface area contributed by atoms with E-state index in [2.05, 4.69) is 26.1 Å². The number of hydrogen-bond acceptors (Lipinski definition) is 6. The number of rotatable bonds is 3. The summed E-state index contributed by atoms with van der Waals surface area (Å²) < 4.78 is 11.3. The monoisotopic (exact) mass is 340 g/mol. The van der Waals surface area contributed by atoms with Crippen molar-refractivity contribution in [3.63, 3.8) is 0 Å². The van der Waals surface area contributed by atoms with Crippen LogP contribution in [-0.4, -0.2) is 28.0 Å². The number of cyclic esters (lactones) is 1. The van der Waals surface area contributed by atoms with E-state index in [9.17, 15) is 4.79 Å². The van der Waals surface area contributed by atoms with Crippen molar-refractivity contribution in [2.45, 2.75) is 16.9 Å². The third-order valence-electron chi connectivity index (χ3n) is 2.64. The average molecular weight is 341 g/mol. The van der Waals surface area contributed by atoms with Crippen LogP contribution in [0.2, 0.25) is 0 Å². The Labute approximate surface area is 121 Å². The number of carbonyl (C=O) groups excluding carboxylic acids is 1. The number of hydrogen-bond donors (Lipinski definition) is 0. The number of thioether (sulfide) groups is 1. The Hall–Kier alpha value is -1.34. The second kappa shape index (κ2) is 5.34. The molecule has 0 bridgehead atoms. The van der Waals surface area contributed by atoms with Crippen LogP contribution in [0.5, 0.6) is 0 Å². The van der Waals surface area contributed by atoms with Crippen molar-refractivity contribution in [3.05, 3.63) is 28.7 Å². The van der Waals surface area contributed by atoms with E-state index in [1.165, 1.54) is 11.8 Å². The lowest BCUT2D eigenvalue weighted by atomic mass is 10.2. The molecule has 1 saturated heterocycles. The maximum Gasteiger partial charge on any atom is 0.319 e. The Morgan fingerprint density at radius 2 is 2.16 bits per heavy atom. The molecule has 1 atom stereocenters. The molecule has 0 unspecified atom stereocenters. The molecule has 1 aromatic heterocycles. The molecule has 2 aromatic rings. The van der Waals surface area contributed by atoms with Gasteiger partial charge < -0.3 is 9.15 Å². The average Bonchev–Trinajstić information content (AvgIpc) is 3.01. The molecule has 3 rings (SSSR count). The topological polar surface area (TPSA) is 65.2 Å². The zero-order valence-corrected chi connectivity index (χ0v) is 12.1. The van der Waals surface area contributed by atoms with Gasteiger partial charge in [-0.15, -0.1) is 10.2 Å². The van der Waals surface area contributed by atoms with Gasteiger partial charge in [-0.05, 0) is 39.8 Å². The van der Waals surface area contributed by atoms with Gasteiger partial charge in [0.25, 0.3) is 5.22 Å². The first-order valence-corrected chi connectivity index (χ1v) is 7.33. The summed E-state index contributed by atoms with van der Waals surface area (Å²) >= 11 is 4.68. The highest BCUT2D eigenvalue weighted by atomic mass is 79.9. The zero-order valence-electron chi connectivity index (χ0n) is 9.71. The lowest BCUT2D eigenvalue weighted by Crippen LogP contribution is -2.09. The molecule has 19 heavy (non-hydrogen) atoms. The normalized spacial score (nSPS) is 18.6. The molecule has 7 heteroatoms. The third-order valence-corrected chi connectivity index (χ3v) is 4.41. The van der Waals surface area contributed by atoms with E-state index in [0.717, 1.165) is 10.0 Å². The van der Waals surface area contributed by atoms with Gasteiger partial charge in [-0.3, -0.25) is 4.79 Å². The van der Waals surface area contributed by atoms with Crippen LogP contribution in [0.15, 0.2) is 38.4 Å². The van der Waals surface area contributed by atoms with E-state index in [1.54, 1.807) is 0 Å². The molecule has 0 saturated carbocycles. The van der Waals surface area contributed by atoms with E-state index in [4.69, 9.17) is 9.15 Å². The fourth-order valence-electron chi connectivity index (χ4n) is 1.71. The van der Waals surface area contributed by atoms with Crippen molar-refractivity contribution < 1.29 is 13.9 Å². The molecule has 1 fully saturated rings. The minimum absolute atomic E-state index is 0.217. The predicted octanol–water partition coefficient (Wildman–Crippen LogP) is 2.91. The van der Waals surface area contributed by atoms with Crippen LogP contribution in [0.4, 0.5) is 0 Å². The molecule has 2 heterocycles. The van der Waals surface area contributed by atoms with Crippen molar-refractivity contribution in [2.24, 2.45) is 0 Å². The van der Waals surface area contributed by atoms with E-state index < -0.39 is 0 Å². The molecule has 1 aromatic carbocycles. The lowest BCUT2D eigenvalue weighted by molar-refractivity contribution is -0.137. The largest absolute Gasteiger partial charge is 0.465 e. The van der Waals surface area contributed by atoms with Gasteiger partial charge in [0.15, 0.2) is 0 Å². The Morgan fingerprint density at radius 3 is 2.89 bits per heavy atom. The van der Waals surface area contributed by atoms with Crippen LogP contribution in [-0.2, 0) is 9.53 Å². The first kappa shape index (κ1) is 12.7. The molecule has 0 N–H and O–H groups in total. The second-order valence-corrected chi connectivity index (χ2v) is 5.92. The van der Waals surface area contributed by atoms with Crippen LogP contribution in [0.3, 0.4) is 0 Å². The molecular weight excluding hydrogens is 332 g/mol. The first-order chi connectivity index (χ1) is 9.24. The molecule has 1 aliphatic rings. The Bertz CT molecular complexity index is 617. The van der Waals surface area contributed by atoms with Gasteiger partial charge in [0.1, 0.15) is 5.25 Å². The smallest absolute Gasteiger partial charge is 0.319 e. The number of carbonyl (C=O) groups is 1. The van der Waals surface area contributed by atoms with Gasteiger partial charge in [0.2, 0.25) is 5.89 Å². The van der Waals surface area contributed by atoms with Gasteiger partial charge in [0.05, 0.1) is 12.2 Å². The molecule has 0 spiro atoms. The summed E-state index contributed by atoms with van der Waals surface area (Å²) in [6.07, 6.45) is 0.677. The van der Waals surface area contributed by atoms with Gasteiger partial charge in [-0.2, -0.15) is 0 Å². The first-order valence-electron chi connectivity index (χ1n) is 5.66. The zero-order chi connectivity index (χ0) is 13.2. The van der Waals surface area contributed by atoms with Crippen LogP contribution < -0.4 is 0 Å². The second-order valence-electron chi connectivity index (χ2n) is 3.92. The van der Waals surface area contributed by atoms with Crippen LogP contribution >= 0.6 is 27.7 Å². The Kier molecular flexibility index (Phi) is 3.56. The lowest BCUT2D eigenvalue weighted by Gasteiger charge is -1.99. The van der Waals surface area contributed by atoms with Crippen molar-refractivity contribution in [2.75, 3.05) is 6.61 Å². The highest BCUT2D eigenvalue weighted by molar-refractivity contribution is 9.10.